The molecular formula is C14H17NO. The molecule has 16 heavy (non-hydrogen) atoms. The van der Waals surface area contributed by atoms with E-state index in [4.69, 9.17) is 0 Å². The molecule has 0 aliphatic carbocycles. The number of rotatable bonds is 1. The van der Waals surface area contributed by atoms with Gasteiger partial charge in [-0.1, -0.05) is 36.4 Å². The van der Waals surface area contributed by atoms with Crippen LogP contribution in [0.25, 0.3) is 0 Å². The number of benzene rings is 1. The van der Waals surface area contributed by atoms with E-state index in [2.05, 4.69) is 12.1 Å². The molecule has 2 heteroatoms. The maximum absolute atomic E-state index is 12.0. The third kappa shape index (κ3) is 1.87. The number of carbonyl (C=O) groups excluding carboxylic acids is 1. The Labute approximate surface area is 96.6 Å². The van der Waals surface area contributed by atoms with Crippen LogP contribution in [0.3, 0.4) is 0 Å². The second-order valence-electron chi connectivity index (χ2n) is 4.22. The average Bonchev–Trinajstić information content (AvgIpc) is 2.33. The van der Waals surface area contributed by atoms with Crippen molar-refractivity contribution in [3.8, 4) is 0 Å². The highest BCUT2D eigenvalue weighted by Gasteiger charge is 2.29. The van der Waals surface area contributed by atoms with Crippen molar-refractivity contribution in [1.29, 1.82) is 0 Å². The van der Waals surface area contributed by atoms with Crippen molar-refractivity contribution < 1.29 is 4.79 Å². The Morgan fingerprint density at radius 2 is 2.00 bits per heavy atom. The van der Waals surface area contributed by atoms with Crippen LogP contribution >= 0.6 is 0 Å². The second kappa shape index (κ2) is 4.52. The van der Waals surface area contributed by atoms with Crippen LogP contribution in [0.5, 0.6) is 0 Å². The first-order valence-corrected chi connectivity index (χ1v) is 5.70. The van der Waals surface area contributed by atoms with Crippen LogP contribution in [0.1, 0.15) is 24.8 Å². The summed E-state index contributed by atoms with van der Waals surface area (Å²) in [5.74, 6) is 0.442. The molecule has 84 valence electrons. The van der Waals surface area contributed by atoms with Crippen LogP contribution < -0.4 is 0 Å². The highest BCUT2D eigenvalue weighted by atomic mass is 16.2. The fourth-order valence-corrected chi connectivity index (χ4v) is 2.31. The molecule has 2 nitrogen and oxygen atoms in total. The summed E-state index contributed by atoms with van der Waals surface area (Å²) >= 11 is 0. The lowest BCUT2D eigenvalue weighted by molar-refractivity contribution is -0.127. The standard InChI is InChI=1S/C14H17NO/c1-3-12-13(9-10-15(2)14(12)16)11-7-5-4-6-8-11/h3-8,13H,9-10H2,1-2H3. The minimum atomic E-state index is 0.169. The van der Waals surface area contributed by atoms with Crippen molar-refractivity contribution in [2.45, 2.75) is 19.3 Å². The van der Waals surface area contributed by atoms with Gasteiger partial charge in [-0.25, -0.2) is 0 Å². The third-order valence-corrected chi connectivity index (χ3v) is 3.24. The number of carbonyl (C=O) groups is 1. The molecule has 1 heterocycles. The Morgan fingerprint density at radius 3 is 2.62 bits per heavy atom. The van der Waals surface area contributed by atoms with Gasteiger partial charge in [-0.05, 0) is 18.9 Å². The van der Waals surface area contributed by atoms with Crippen molar-refractivity contribution in [3.63, 3.8) is 0 Å². The quantitative estimate of drug-likeness (QED) is 0.659. The van der Waals surface area contributed by atoms with Crippen LogP contribution in [-0.4, -0.2) is 24.4 Å². The molecule has 0 N–H and O–H groups in total. The molecule has 1 saturated heterocycles. The third-order valence-electron chi connectivity index (χ3n) is 3.24. The highest BCUT2D eigenvalue weighted by Crippen LogP contribution is 2.32. The summed E-state index contributed by atoms with van der Waals surface area (Å²) < 4.78 is 0. The number of nitrogens with zero attached hydrogens (tertiary/aromatic N) is 1. The molecule has 0 spiro atoms. The van der Waals surface area contributed by atoms with Crippen molar-refractivity contribution in [1.82, 2.24) is 4.90 Å². The molecule has 1 atom stereocenters. The normalized spacial score (nSPS) is 23.9. The molecule has 1 unspecified atom stereocenters. The van der Waals surface area contributed by atoms with E-state index >= 15 is 0 Å². The Bertz CT molecular complexity index is 408. The summed E-state index contributed by atoms with van der Waals surface area (Å²) in [5, 5.41) is 0. The largest absolute Gasteiger partial charge is 0.342 e. The predicted molar refractivity (Wildman–Crippen MR) is 65.2 cm³/mol. The topological polar surface area (TPSA) is 20.3 Å². The maximum Gasteiger partial charge on any atom is 0.249 e. The van der Waals surface area contributed by atoms with Gasteiger partial charge >= 0.3 is 0 Å². The second-order valence-corrected chi connectivity index (χ2v) is 4.22. The van der Waals surface area contributed by atoms with Crippen molar-refractivity contribution in [2.24, 2.45) is 0 Å². The molecule has 0 saturated carbocycles. The first-order chi connectivity index (χ1) is 7.74. The number of hydrogen-bond donors (Lipinski definition) is 0. The van der Waals surface area contributed by atoms with Crippen LogP contribution in [-0.2, 0) is 4.79 Å². The fourth-order valence-electron chi connectivity index (χ4n) is 2.31. The molecule has 1 aromatic carbocycles. The molecule has 0 radical (unpaired) electrons. The van der Waals surface area contributed by atoms with E-state index in [9.17, 15) is 4.79 Å². The van der Waals surface area contributed by atoms with Gasteiger partial charge in [0.25, 0.3) is 0 Å². The Kier molecular flexibility index (Phi) is 3.09. The van der Waals surface area contributed by atoms with Crippen LogP contribution in [0.15, 0.2) is 42.0 Å². The van der Waals surface area contributed by atoms with Gasteiger partial charge in [-0.2, -0.15) is 0 Å². The summed E-state index contributed by atoms with van der Waals surface area (Å²) in [6.45, 7) is 2.79. The monoisotopic (exact) mass is 215 g/mol. The molecule has 1 amide bonds. The molecular weight excluding hydrogens is 198 g/mol. The van der Waals surface area contributed by atoms with E-state index in [0.29, 0.717) is 0 Å². The molecule has 2 rings (SSSR count). The first-order valence-electron chi connectivity index (χ1n) is 5.70. The fraction of sp³-hybridized carbons (Fsp3) is 0.357. The van der Waals surface area contributed by atoms with Crippen molar-refractivity contribution in [3.05, 3.63) is 47.5 Å². The molecule has 1 aliphatic heterocycles. The Hall–Kier alpha value is -1.57. The van der Waals surface area contributed by atoms with E-state index < -0.39 is 0 Å². The highest BCUT2D eigenvalue weighted by molar-refractivity contribution is 5.95. The van der Waals surface area contributed by atoms with E-state index in [0.717, 1.165) is 18.5 Å². The lowest BCUT2D eigenvalue weighted by Crippen LogP contribution is -2.36. The maximum atomic E-state index is 12.0. The van der Waals surface area contributed by atoms with Gasteiger partial charge in [0.2, 0.25) is 5.91 Å². The number of allylic oxidation sites excluding steroid dienone is 1. The molecule has 0 bridgehead atoms. The zero-order valence-electron chi connectivity index (χ0n) is 9.81. The van der Waals surface area contributed by atoms with Gasteiger partial charge in [0, 0.05) is 25.1 Å². The Balaban J connectivity index is 2.32. The molecule has 1 aromatic rings. The summed E-state index contributed by atoms with van der Waals surface area (Å²) in [4.78, 5) is 13.8. The summed E-state index contributed by atoms with van der Waals surface area (Å²) in [5.41, 5.74) is 2.18. The lowest BCUT2D eigenvalue weighted by atomic mass is 9.84. The molecule has 1 fully saturated rings. The van der Waals surface area contributed by atoms with Crippen molar-refractivity contribution >= 4 is 5.91 Å². The average molecular weight is 215 g/mol. The minimum Gasteiger partial charge on any atom is -0.342 e. The van der Waals surface area contributed by atoms with Crippen LogP contribution in [0.4, 0.5) is 0 Å². The van der Waals surface area contributed by atoms with E-state index in [1.54, 1.807) is 4.90 Å². The zero-order valence-corrected chi connectivity index (χ0v) is 9.81. The number of piperidine rings is 1. The first kappa shape index (κ1) is 10.9. The zero-order chi connectivity index (χ0) is 11.5. The number of hydrogen-bond acceptors (Lipinski definition) is 1. The predicted octanol–water partition coefficient (Wildman–Crippen LogP) is 2.58. The van der Waals surface area contributed by atoms with Gasteiger partial charge in [-0.3, -0.25) is 4.79 Å². The summed E-state index contributed by atoms with van der Waals surface area (Å²) in [6.07, 6.45) is 2.97. The number of amides is 1. The summed E-state index contributed by atoms with van der Waals surface area (Å²) in [6, 6.07) is 10.3. The molecule has 0 aromatic heterocycles. The van der Waals surface area contributed by atoms with Gasteiger partial charge in [0.1, 0.15) is 0 Å². The van der Waals surface area contributed by atoms with Crippen LogP contribution in [0, 0.1) is 0 Å². The number of likely N-dealkylation sites (N-methyl/N-ethyl adjacent to an activating group) is 1. The molecule has 1 aliphatic rings. The van der Waals surface area contributed by atoms with E-state index in [1.807, 2.05) is 38.2 Å². The van der Waals surface area contributed by atoms with E-state index in [1.165, 1.54) is 5.56 Å². The SMILES string of the molecule is CC=C1C(=O)N(C)CCC1c1ccccc1. The van der Waals surface area contributed by atoms with Gasteiger partial charge in [-0.15, -0.1) is 0 Å². The van der Waals surface area contributed by atoms with Gasteiger partial charge in [0.15, 0.2) is 0 Å². The summed E-state index contributed by atoms with van der Waals surface area (Å²) in [7, 11) is 1.87. The van der Waals surface area contributed by atoms with Gasteiger partial charge < -0.3 is 4.90 Å². The lowest BCUT2D eigenvalue weighted by Gasteiger charge is -2.31. The minimum absolute atomic E-state index is 0.169. The Morgan fingerprint density at radius 1 is 1.31 bits per heavy atom. The van der Waals surface area contributed by atoms with E-state index in [-0.39, 0.29) is 11.8 Å². The van der Waals surface area contributed by atoms with Crippen molar-refractivity contribution in [2.75, 3.05) is 13.6 Å². The smallest absolute Gasteiger partial charge is 0.249 e. The van der Waals surface area contributed by atoms with Crippen LogP contribution in [0.2, 0.25) is 0 Å². The number of likely N-dealkylation sites (tertiary alicyclic amines) is 1. The van der Waals surface area contributed by atoms with Gasteiger partial charge in [0.05, 0.1) is 0 Å².